The summed E-state index contributed by atoms with van der Waals surface area (Å²) in [4.78, 5) is 16.1. The summed E-state index contributed by atoms with van der Waals surface area (Å²) in [7, 11) is 0. The van der Waals surface area contributed by atoms with Crippen molar-refractivity contribution in [3.8, 4) is 0 Å². The predicted molar refractivity (Wildman–Crippen MR) is 94.9 cm³/mol. The fourth-order valence-corrected chi connectivity index (χ4v) is 3.07. The zero-order chi connectivity index (χ0) is 15.8. The molecule has 0 unspecified atom stereocenters. The lowest BCUT2D eigenvalue weighted by molar-refractivity contribution is 0.825. The first-order chi connectivity index (χ1) is 11.3. The van der Waals surface area contributed by atoms with Gasteiger partial charge in [-0.05, 0) is 24.6 Å². The van der Waals surface area contributed by atoms with Crippen molar-refractivity contribution in [2.24, 2.45) is 0 Å². The largest absolute Gasteiger partial charge is 0.353 e. The number of rotatable bonds is 3. The number of anilines is 1. The van der Waals surface area contributed by atoms with Crippen molar-refractivity contribution in [1.82, 2.24) is 9.66 Å². The maximum absolute atomic E-state index is 12.6. The monoisotopic (exact) mass is 303 g/mol. The van der Waals surface area contributed by atoms with E-state index in [0.29, 0.717) is 0 Å². The van der Waals surface area contributed by atoms with Crippen LogP contribution in [0.4, 0.5) is 5.69 Å². The molecular weight excluding hydrogens is 286 g/mol. The highest BCUT2D eigenvalue weighted by Gasteiger charge is 2.13. The van der Waals surface area contributed by atoms with Crippen LogP contribution in [-0.4, -0.2) is 9.66 Å². The zero-order valence-electron chi connectivity index (χ0n) is 12.8. The molecule has 4 rings (SSSR count). The average Bonchev–Trinajstić information content (AvgIpc) is 2.95. The Hall–Kier alpha value is -3.01. The van der Waals surface area contributed by atoms with Gasteiger partial charge < -0.3 is 4.98 Å². The summed E-state index contributed by atoms with van der Waals surface area (Å²) in [6.45, 7) is 2.06. The molecule has 0 aliphatic heterocycles. The van der Waals surface area contributed by atoms with Gasteiger partial charge in [0.1, 0.15) is 0 Å². The van der Waals surface area contributed by atoms with Crippen LogP contribution >= 0.6 is 0 Å². The highest BCUT2D eigenvalue weighted by atomic mass is 16.1. The van der Waals surface area contributed by atoms with E-state index in [1.165, 1.54) is 0 Å². The molecule has 0 saturated heterocycles. The van der Waals surface area contributed by atoms with Crippen LogP contribution in [0, 0.1) is 0 Å². The molecule has 2 N–H and O–H groups in total. The van der Waals surface area contributed by atoms with Crippen molar-refractivity contribution in [3.05, 3.63) is 76.7 Å². The Bertz CT molecular complexity index is 1040. The molecule has 2 aromatic heterocycles. The Kier molecular flexibility index (Phi) is 3.15. The number of hydrogen-bond acceptors (Lipinski definition) is 2. The maximum Gasteiger partial charge on any atom is 0.270 e. The quantitative estimate of drug-likeness (QED) is 0.602. The minimum Gasteiger partial charge on any atom is -0.353 e. The lowest BCUT2D eigenvalue weighted by atomic mass is 10.1. The number of nitrogens with one attached hydrogen (secondary N) is 2. The Labute approximate surface area is 133 Å². The number of aromatic amines is 1. The van der Waals surface area contributed by atoms with Crippen LogP contribution in [0.3, 0.4) is 0 Å². The van der Waals surface area contributed by atoms with Gasteiger partial charge in [0.15, 0.2) is 0 Å². The topological polar surface area (TPSA) is 49.8 Å². The zero-order valence-corrected chi connectivity index (χ0v) is 12.8. The van der Waals surface area contributed by atoms with E-state index < -0.39 is 0 Å². The Balaban J connectivity index is 1.99. The first kappa shape index (κ1) is 13.6. The van der Waals surface area contributed by atoms with Crippen LogP contribution in [0.15, 0.2) is 65.5 Å². The number of hydrogen-bond donors (Lipinski definition) is 2. The fraction of sp³-hybridized carbons (Fsp3) is 0.105. The first-order valence-electron chi connectivity index (χ1n) is 7.75. The van der Waals surface area contributed by atoms with Crippen LogP contribution < -0.4 is 11.0 Å². The molecule has 4 heteroatoms. The van der Waals surface area contributed by atoms with E-state index in [1.54, 1.807) is 10.7 Å². The third kappa shape index (κ3) is 2.19. The van der Waals surface area contributed by atoms with Gasteiger partial charge in [0.2, 0.25) is 0 Å². The lowest BCUT2D eigenvalue weighted by Crippen LogP contribution is -2.28. The van der Waals surface area contributed by atoms with Crippen molar-refractivity contribution < 1.29 is 0 Å². The minimum atomic E-state index is -0.0528. The molecule has 114 valence electrons. The molecule has 0 aliphatic carbocycles. The van der Waals surface area contributed by atoms with Gasteiger partial charge in [-0.2, -0.15) is 0 Å². The molecule has 0 atom stereocenters. The van der Waals surface area contributed by atoms with E-state index in [9.17, 15) is 4.79 Å². The molecule has 0 bridgehead atoms. The van der Waals surface area contributed by atoms with E-state index in [1.807, 2.05) is 54.6 Å². The minimum absolute atomic E-state index is 0.0528. The number of pyridine rings is 1. The van der Waals surface area contributed by atoms with Crippen molar-refractivity contribution in [2.75, 3.05) is 5.43 Å². The van der Waals surface area contributed by atoms with Crippen molar-refractivity contribution in [3.63, 3.8) is 0 Å². The molecule has 0 saturated carbocycles. The van der Waals surface area contributed by atoms with Crippen LogP contribution in [0.25, 0.3) is 21.8 Å². The molecule has 2 aromatic carbocycles. The number of aryl methyl sites for hydroxylation is 1. The molecule has 0 fully saturated rings. The molecule has 4 nitrogen and oxygen atoms in total. The second kappa shape index (κ2) is 5.32. The fourth-order valence-electron chi connectivity index (χ4n) is 3.07. The molecule has 0 amide bonds. The van der Waals surface area contributed by atoms with Gasteiger partial charge in [0, 0.05) is 22.4 Å². The maximum atomic E-state index is 12.6. The highest BCUT2D eigenvalue weighted by Crippen LogP contribution is 2.26. The number of aromatic nitrogens is 2. The molecule has 4 aromatic rings. The Morgan fingerprint density at radius 3 is 2.52 bits per heavy atom. The van der Waals surface area contributed by atoms with Gasteiger partial charge >= 0.3 is 0 Å². The van der Waals surface area contributed by atoms with Crippen molar-refractivity contribution in [1.29, 1.82) is 0 Å². The van der Waals surface area contributed by atoms with Gasteiger partial charge in [-0.25, -0.2) is 4.68 Å². The van der Waals surface area contributed by atoms with Gasteiger partial charge in [-0.1, -0.05) is 43.3 Å². The number of H-pyrrole nitrogens is 1. The summed E-state index contributed by atoms with van der Waals surface area (Å²) in [6, 6.07) is 19.5. The molecule has 0 aliphatic rings. The van der Waals surface area contributed by atoms with E-state index in [2.05, 4.69) is 17.3 Å². The summed E-state index contributed by atoms with van der Waals surface area (Å²) in [5.41, 5.74) is 7.06. The second-order valence-corrected chi connectivity index (χ2v) is 5.56. The van der Waals surface area contributed by atoms with Gasteiger partial charge in [-0.15, -0.1) is 0 Å². The van der Waals surface area contributed by atoms with Crippen LogP contribution in [0.1, 0.15) is 12.6 Å². The van der Waals surface area contributed by atoms with Crippen LogP contribution in [0.2, 0.25) is 0 Å². The van der Waals surface area contributed by atoms with Gasteiger partial charge in [0.25, 0.3) is 5.56 Å². The molecule has 0 spiro atoms. The average molecular weight is 303 g/mol. The smallest absolute Gasteiger partial charge is 0.270 e. The van der Waals surface area contributed by atoms with Crippen LogP contribution in [0.5, 0.6) is 0 Å². The van der Waals surface area contributed by atoms with E-state index in [0.717, 1.165) is 39.6 Å². The number of fused-ring (bicyclic) bond motifs is 3. The first-order valence-corrected chi connectivity index (χ1v) is 7.75. The van der Waals surface area contributed by atoms with E-state index >= 15 is 0 Å². The van der Waals surface area contributed by atoms with Crippen molar-refractivity contribution >= 4 is 27.5 Å². The van der Waals surface area contributed by atoms with Crippen LogP contribution in [-0.2, 0) is 6.42 Å². The number of nitrogens with zero attached hydrogens (tertiary/aromatic N) is 1. The summed E-state index contributed by atoms with van der Waals surface area (Å²) in [6.07, 6.45) is 0.749. The number of benzene rings is 2. The SMILES string of the molecule is CCc1c2[nH]c3ccccc3c2cc(=O)n1Nc1ccccc1. The third-order valence-corrected chi connectivity index (χ3v) is 4.14. The van der Waals surface area contributed by atoms with Gasteiger partial charge in [-0.3, -0.25) is 10.2 Å². The summed E-state index contributed by atoms with van der Waals surface area (Å²) < 4.78 is 1.63. The third-order valence-electron chi connectivity index (χ3n) is 4.14. The predicted octanol–water partition coefficient (Wildman–Crippen LogP) is 3.92. The lowest BCUT2D eigenvalue weighted by Gasteiger charge is -2.14. The van der Waals surface area contributed by atoms with E-state index in [-0.39, 0.29) is 5.56 Å². The molecule has 0 radical (unpaired) electrons. The number of para-hydroxylation sites is 2. The normalized spacial score (nSPS) is 11.2. The molecule has 2 heterocycles. The molecular formula is C19H17N3O. The van der Waals surface area contributed by atoms with E-state index in [4.69, 9.17) is 0 Å². The highest BCUT2D eigenvalue weighted by molar-refractivity contribution is 6.07. The second-order valence-electron chi connectivity index (χ2n) is 5.56. The van der Waals surface area contributed by atoms with Gasteiger partial charge in [0.05, 0.1) is 16.9 Å². The Morgan fingerprint density at radius 2 is 1.74 bits per heavy atom. The summed E-state index contributed by atoms with van der Waals surface area (Å²) in [5, 5.41) is 2.06. The van der Waals surface area contributed by atoms with Crippen molar-refractivity contribution in [2.45, 2.75) is 13.3 Å². The Morgan fingerprint density at radius 1 is 1.00 bits per heavy atom. The molecule has 23 heavy (non-hydrogen) atoms. The summed E-state index contributed by atoms with van der Waals surface area (Å²) >= 11 is 0. The standard InChI is InChI=1S/C19H17N3O/c1-2-17-19-15(14-10-6-7-11-16(14)20-19)12-18(23)22(17)21-13-8-4-3-5-9-13/h3-12,20-21H,2H2,1H3. The summed E-state index contributed by atoms with van der Waals surface area (Å²) in [5.74, 6) is 0.